The van der Waals surface area contributed by atoms with E-state index in [-0.39, 0.29) is 5.17 Å². The number of anilines is 1. The van der Waals surface area contributed by atoms with Gasteiger partial charge in [0.15, 0.2) is 5.69 Å². The van der Waals surface area contributed by atoms with E-state index in [9.17, 15) is 5.21 Å². The maximum absolute atomic E-state index is 12.4. The number of aliphatic imine (C=N–C) groups is 1. The van der Waals surface area contributed by atoms with Crippen molar-refractivity contribution in [1.29, 1.82) is 0 Å². The van der Waals surface area contributed by atoms with Crippen molar-refractivity contribution in [2.24, 2.45) is 4.99 Å². The summed E-state index contributed by atoms with van der Waals surface area (Å²) in [4.78, 5) is 6.90. The van der Waals surface area contributed by atoms with Gasteiger partial charge in [-0.25, -0.2) is 10.2 Å². The van der Waals surface area contributed by atoms with E-state index in [0.29, 0.717) is 18.2 Å². The molecule has 8 nitrogen and oxygen atoms in total. The van der Waals surface area contributed by atoms with Gasteiger partial charge in [-0.2, -0.15) is 5.43 Å². The maximum Gasteiger partial charge on any atom is 0.243 e. The highest BCUT2D eigenvalue weighted by Gasteiger charge is 2.24. The summed E-state index contributed by atoms with van der Waals surface area (Å²) >= 11 is 0. The zero-order valence-electron chi connectivity index (χ0n) is 14.3. The van der Waals surface area contributed by atoms with Gasteiger partial charge >= 0.3 is 0 Å². The molecular weight excluding hydrogens is 322 g/mol. The van der Waals surface area contributed by atoms with Gasteiger partial charge in [-0.3, -0.25) is 4.90 Å². The number of morpholine rings is 1. The molecule has 1 aromatic rings. The summed E-state index contributed by atoms with van der Waals surface area (Å²) in [6.07, 6.45) is 2.96. The molecule has 4 rings (SSSR count). The summed E-state index contributed by atoms with van der Waals surface area (Å²) < 4.78 is 11.0. The molecule has 3 N–H and O–H groups in total. The molecule has 0 radical (unpaired) electrons. The average Bonchev–Trinajstić information content (AvgIpc) is 2.65. The Bertz CT molecular complexity index is 645. The molecule has 0 aromatic heterocycles. The van der Waals surface area contributed by atoms with Crippen molar-refractivity contribution >= 4 is 17.3 Å². The molecule has 0 bridgehead atoms. The SMILES string of the molecule is [O-][NH+]1NC(=NCCCN2CCOCC2)Nc2cc3c(cc21)OCCC3. The Morgan fingerprint density at radius 3 is 3.00 bits per heavy atom. The highest BCUT2D eigenvalue weighted by atomic mass is 16.5. The van der Waals surface area contributed by atoms with Crippen LogP contribution >= 0.6 is 0 Å². The molecule has 1 saturated heterocycles. The molecule has 0 saturated carbocycles. The van der Waals surface area contributed by atoms with E-state index in [1.165, 1.54) is 0 Å². The first-order chi connectivity index (χ1) is 12.3. The first kappa shape index (κ1) is 16.6. The second kappa shape index (κ2) is 7.57. The number of ether oxygens (including phenoxy) is 2. The van der Waals surface area contributed by atoms with E-state index in [0.717, 1.165) is 75.7 Å². The molecule has 0 spiro atoms. The fourth-order valence-corrected chi connectivity index (χ4v) is 3.41. The summed E-state index contributed by atoms with van der Waals surface area (Å²) in [7, 11) is 0. The van der Waals surface area contributed by atoms with Gasteiger partial charge < -0.3 is 20.0 Å². The van der Waals surface area contributed by atoms with Crippen molar-refractivity contribution in [3.8, 4) is 5.75 Å². The fraction of sp³-hybridized carbons (Fsp3) is 0.588. The smallest absolute Gasteiger partial charge is 0.243 e. The Labute approximate surface area is 147 Å². The highest BCUT2D eigenvalue weighted by Crippen LogP contribution is 2.33. The minimum Gasteiger partial charge on any atom is -0.603 e. The van der Waals surface area contributed by atoms with Crippen molar-refractivity contribution in [3.05, 3.63) is 22.9 Å². The molecule has 3 heterocycles. The topological polar surface area (TPSA) is 85.6 Å². The number of nitrogens with one attached hydrogen (secondary N) is 3. The number of guanidine groups is 1. The number of aryl methyl sites for hydroxylation is 1. The standard InChI is InChI=1S/C17H25N5O3/c23-22-15-12-16-13(3-1-8-25-16)11-14(15)19-17(20-22)18-4-2-5-21-6-9-24-10-7-21/h11-12,22H,1-10H2,(H2,18,19,20). The lowest BCUT2D eigenvalue weighted by atomic mass is 10.0. The van der Waals surface area contributed by atoms with Crippen LogP contribution in [0.5, 0.6) is 5.75 Å². The summed E-state index contributed by atoms with van der Waals surface area (Å²) in [6, 6.07) is 3.85. The van der Waals surface area contributed by atoms with Gasteiger partial charge in [0.05, 0.1) is 19.8 Å². The molecule has 1 fully saturated rings. The van der Waals surface area contributed by atoms with Gasteiger partial charge in [-0.1, -0.05) is 0 Å². The summed E-state index contributed by atoms with van der Waals surface area (Å²) in [5.74, 6) is 1.36. The van der Waals surface area contributed by atoms with E-state index in [2.05, 4.69) is 20.6 Å². The fourth-order valence-electron chi connectivity index (χ4n) is 3.41. The largest absolute Gasteiger partial charge is 0.603 e. The van der Waals surface area contributed by atoms with Gasteiger partial charge in [0.25, 0.3) is 0 Å². The zero-order valence-corrected chi connectivity index (χ0v) is 14.3. The Kier molecular flexibility index (Phi) is 5.02. The first-order valence-electron chi connectivity index (χ1n) is 9.02. The lowest BCUT2D eigenvalue weighted by molar-refractivity contribution is -0.816. The van der Waals surface area contributed by atoms with Crippen LogP contribution in [0.3, 0.4) is 0 Å². The number of hydrogen-bond acceptors (Lipinski definition) is 5. The number of nitrogens with zero attached hydrogens (tertiary/aromatic N) is 2. The van der Waals surface area contributed by atoms with Crippen molar-refractivity contribution in [1.82, 2.24) is 10.3 Å². The van der Waals surface area contributed by atoms with Crippen molar-refractivity contribution < 1.29 is 14.6 Å². The van der Waals surface area contributed by atoms with Crippen LogP contribution in [0.2, 0.25) is 0 Å². The molecule has 1 aromatic carbocycles. The maximum atomic E-state index is 12.4. The van der Waals surface area contributed by atoms with Gasteiger partial charge in [-0.15, -0.1) is 0 Å². The van der Waals surface area contributed by atoms with Gasteiger partial charge in [-0.05, 0) is 30.9 Å². The molecule has 3 aliphatic heterocycles. The molecule has 8 heteroatoms. The number of rotatable bonds is 4. The number of hydrogen-bond donors (Lipinski definition) is 3. The Balaban J connectivity index is 1.36. The quantitative estimate of drug-likeness (QED) is 0.527. The molecule has 1 unspecified atom stereocenters. The number of quaternary nitrogens is 1. The third kappa shape index (κ3) is 3.87. The van der Waals surface area contributed by atoms with E-state index in [1.54, 1.807) is 0 Å². The van der Waals surface area contributed by atoms with Crippen LogP contribution in [-0.4, -0.2) is 56.9 Å². The first-order valence-corrected chi connectivity index (χ1v) is 9.02. The number of benzene rings is 1. The van der Waals surface area contributed by atoms with Crippen molar-refractivity contribution in [2.75, 3.05) is 51.3 Å². The van der Waals surface area contributed by atoms with Crippen LogP contribution in [0.25, 0.3) is 0 Å². The monoisotopic (exact) mass is 347 g/mol. The molecular formula is C17H25N5O3. The second-order valence-electron chi connectivity index (χ2n) is 6.57. The van der Waals surface area contributed by atoms with Crippen molar-refractivity contribution in [2.45, 2.75) is 19.3 Å². The summed E-state index contributed by atoms with van der Waals surface area (Å²) in [5, 5.41) is 15.5. The van der Waals surface area contributed by atoms with Crippen LogP contribution in [-0.2, 0) is 11.2 Å². The van der Waals surface area contributed by atoms with E-state index >= 15 is 0 Å². The van der Waals surface area contributed by atoms with Gasteiger partial charge in [0, 0.05) is 32.2 Å². The highest BCUT2D eigenvalue weighted by molar-refractivity contribution is 5.97. The Morgan fingerprint density at radius 2 is 2.12 bits per heavy atom. The molecule has 25 heavy (non-hydrogen) atoms. The lowest BCUT2D eigenvalue weighted by Crippen LogP contribution is -3.11. The van der Waals surface area contributed by atoms with Crippen LogP contribution in [0.4, 0.5) is 11.4 Å². The molecule has 0 aliphatic carbocycles. The molecule has 0 amide bonds. The summed E-state index contributed by atoms with van der Waals surface area (Å²) in [6.45, 7) is 6.03. The van der Waals surface area contributed by atoms with Crippen LogP contribution in [0.15, 0.2) is 17.1 Å². The second-order valence-corrected chi connectivity index (χ2v) is 6.57. The van der Waals surface area contributed by atoms with Crippen LogP contribution in [0.1, 0.15) is 18.4 Å². The van der Waals surface area contributed by atoms with Gasteiger partial charge in [0.2, 0.25) is 5.96 Å². The van der Waals surface area contributed by atoms with E-state index in [4.69, 9.17) is 9.47 Å². The third-order valence-electron chi connectivity index (χ3n) is 4.78. The van der Waals surface area contributed by atoms with Gasteiger partial charge in [0.1, 0.15) is 11.4 Å². The predicted molar refractivity (Wildman–Crippen MR) is 95.2 cm³/mol. The number of fused-ring (bicyclic) bond motifs is 2. The lowest BCUT2D eigenvalue weighted by Gasteiger charge is -2.32. The van der Waals surface area contributed by atoms with Crippen LogP contribution < -0.4 is 20.7 Å². The average molecular weight is 347 g/mol. The van der Waals surface area contributed by atoms with Crippen LogP contribution in [0, 0.1) is 5.21 Å². The normalized spacial score (nSPS) is 24.7. The molecule has 3 aliphatic rings. The molecule has 136 valence electrons. The predicted octanol–water partition coefficient (Wildman–Crippen LogP) is 0.0342. The zero-order chi connectivity index (χ0) is 17.1. The van der Waals surface area contributed by atoms with E-state index < -0.39 is 0 Å². The summed E-state index contributed by atoms with van der Waals surface area (Å²) in [5.41, 5.74) is 5.42. The third-order valence-corrected chi connectivity index (χ3v) is 4.78. The minimum atomic E-state index is -0.127. The Hall–Kier alpha value is -1.87. The Morgan fingerprint density at radius 1 is 1.24 bits per heavy atom. The molecule has 1 atom stereocenters. The van der Waals surface area contributed by atoms with Crippen molar-refractivity contribution in [3.63, 3.8) is 0 Å². The van der Waals surface area contributed by atoms with E-state index in [1.807, 2.05) is 12.1 Å². The minimum absolute atomic E-state index is 0.127.